The number of aliphatic imine (C=N–C) groups is 1. The Morgan fingerprint density at radius 3 is 3.00 bits per heavy atom. The molecule has 2 N–H and O–H groups in total. The van der Waals surface area contributed by atoms with E-state index in [4.69, 9.17) is 11.0 Å². The lowest BCUT2D eigenvalue weighted by Gasteiger charge is -2.37. The second kappa shape index (κ2) is 5.74. The third kappa shape index (κ3) is 2.84. The van der Waals surface area contributed by atoms with Crippen LogP contribution in [0.25, 0.3) is 5.57 Å². The molecule has 5 nitrogen and oxygen atoms in total. The van der Waals surface area contributed by atoms with E-state index in [1.807, 2.05) is 25.1 Å². The van der Waals surface area contributed by atoms with E-state index in [1.165, 1.54) is 10.5 Å². The van der Waals surface area contributed by atoms with Crippen molar-refractivity contribution in [3.63, 3.8) is 0 Å². The van der Waals surface area contributed by atoms with Gasteiger partial charge in [-0.1, -0.05) is 12.1 Å². The summed E-state index contributed by atoms with van der Waals surface area (Å²) in [4.78, 5) is 18.1. The van der Waals surface area contributed by atoms with Crippen LogP contribution >= 0.6 is 11.8 Å². The number of nitrogens with zero attached hydrogens (tertiary/aromatic N) is 3. The van der Waals surface area contributed by atoms with Gasteiger partial charge in [0.25, 0.3) is 0 Å². The Balaban J connectivity index is 1.81. The third-order valence-corrected chi connectivity index (χ3v) is 5.86. The lowest BCUT2D eigenvalue weighted by Crippen LogP contribution is -2.51. The normalized spacial score (nSPS) is 27.4. The highest BCUT2D eigenvalue weighted by atomic mass is 32.2. The van der Waals surface area contributed by atoms with Gasteiger partial charge in [0.2, 0.25) is 5.91 Å². The molecule has 0 saturated carbocycles. The van der Waals surface area contributed by atoms with Crippen LogP contribution in [0.2, 0.25) is 0 Å². The second-order valence-electron chi connectivity index (χ2n) is 6.12. The van der Waals surface area contributed by atoms with E-state index in [2.05, 4.69) is 16.5 Å². The monoisotopic (exact) mass is 326 g/mol. The quantitative estimate of drug-likeness (QED) is 0.904. The fourth-order valence-corrected chi connectivity index (χ4v) is 4.18. The first kappa shape index (κ1) is 15.6. The summed E-state index contributed by atoms with van der Waals surface area (Å²) in [5, 5.41) is 11.3. The number of hydrogen-bond acceptors (Lipinski definition) is 5. The van der Waals surface area contributed by atoms with E-state index in [0.717, 1.165) is 12.0 Å². The molecule has 2 aliphatic heterocycles. The molecule has 118 valence electrons. The molecule has 6 heteroatoms. The highest BCUT2D eigenvalue weighted by molar-refractivity contribution is 8.03. The topological polar surface area (TPSA) is 82.5 Å². The Kier molecular flexibility index (Phi) is 3.90. The molecule has 3 rings (SSSR count). The van der Waals surface area contributed by atoms with Crippen LogP contribution in [0.4, 0.5) is 0 Å². The summed E-state index contributed by atoms with van der Waals surface area (Å²) in [5.41, 5.74) is 8.28. The lowest BCUT2D eigenvalue weighted by molar-refractivity contribution is -0.128. The number of amides is 1. The lowest BCUT2D eigenvalue weighted by atomic mass is 9.87. The van der Waals surface area contributed by atoms with E-state index in [0.29, 0.717) is 12.0 Å². The van der Waals surface area contributed by atoms with Crippen molar-refractivity contribution in [3.8, 4) is 6.07 Å². The number of allylic oxidation sites excluding steroid dienone is 1. The first-order valence-corrected chi connectivity index (χ1v) is 8.34. The van der Waals surface area contributed by atoms with E-state index in [9.17, 15) is 4.79 Å². The average molecular weight is 326 g/mol. The summed E-state index contributed by atoms with van der Waals surface area (Å²) >= 11 is 1.69. The molecular formula is C17H18N4OS. The highest BCUT2D eigenvalue weighted by Crippen LogP contribution is 2.45. The molecular weight excluding hydrogens is 308 g/mol. The molecule has 1 amide bonds. The minimum atomic E-state index is -0.497. The number of benzene rings is 1. The number of carbonyl (C=O) groups is 1. The summed E-state index contributed by atoms with van der Waals surface area (Å²) in [7, 11) is 1.65. The molecule has 0 aromatic heterocycles. The van der Waals surface area contributed by atoms with Crippen molar-refractivity contribution in [2.45, 2.75) is 30.6 Å². The minimum absolute atomic E-state index is 0.000489. The van der Waals surface area contributed by atoms with E-state index in [1.54, 1.807) is 24.9 Å². The van der Waals surface area contributed by atoms with Crippen molar-refractivity contribution in [2.75, 3.05) is 7.05 Å². The van der Waals surface area contributed by atoms with Gasteiger partial charge in [0, 0.05) is 12.3 Å². The summed E-state index contributed by atoms with van der Waals surface area (Å²) < 4.78 is 0. The van der Waals surface area contributed by atoms with Crippen LogP contribution in [0.5, 0.6) is 0 Å². The molecule has 0 fully saturated rings. The number of thioether (sulfide) groups is 1. The zero-order valence-electron chi connectivity index (χ0n) is 13.1. The van der Waals surface area contributed by atoms with Gasteiger partial charge < -0.3 is 5.73 Å². The molecule has 1 aromatic rings. The fraction of sp³-hybridized carbons (Fsp3) is 0.353. The largest absolute Gasteiger partial charge is 0.369 e. The summed E-state index contributed by atoms with van der Waals surface area (Å²) in [6.07, 6.45) is 1.17. The van der Waals surface area contributed by atoms with Gasteiger partial charge in [-0.15, -0.1) is 11.8 Å². The maximum Gasteiger partial charge on any atom is 0.231 e. The second-order valence-corrected chi connectivity index (χ2v) is 7.20. The number of carbonyl (C=O) groups excluding carboxylic acids is 1. The molecule has 0 aliphatic carbocycles. The van der Waals surface area contributed by atoms with Gasteiger partial charge in [-0.2, -0.15) is 5.26 Å². The van der Waals surface area contributed by atoms with E-state index < -0.39 is 5.54 Å². The van der Waals surface area contributed by atoms with Crippen molar-refractivity contribution in [1.82, 2.24) is 4.90 Å². The van der Waals surface area contributed by atoms with Gasteiger partial charge in [0.05, 0.1) is 23.6 Å². The van der Waals surface area contributed by atoms with Crippen LogP contribution in [-0.4, -0.2) is 34.6 Å². The molecule has 0 radical (unpaired) electrons. The van der Waals surface area contributed by atoms with Crippen molar-refractivity contribution in [3.05, 3.63) is 40.8 Å². The molecule has 1 aromatic carbocycles. The first-order valence-electron chi connectivity index (χ1n) is 7.40. The number of nitriles is 1. The van der Waals surface area contributed by atoms with Crippen LogP contribution in [0.1, 0.15) is 30.9 Å². The number of nitrogens with two attached hydrogens (primary N) is 1. The van der Waals surface area contributed by atoms with Crippen LogP contribution < -0.4 is 5.73 Å². The molecule has 2 atom stereocenters. The van der Waals surface area contributed by atoms with Gasteiger partial charge in [-0.3, -0.25) is 9.69 Å². The fourth-order valence-electron chi connectivity index (χ4n) is 2.92. The summed E-state index contributed by atoms with van der Waals surface area (Å²) in [6.45, 7) is 1.99. The predicted molar refractivity (Wildman–Crippen MR) is 92.5 cm³/mol. The predicted octanol–water partition coefficient (Wildman–Crippen LogP) is 2.34. The standard InChI is InChI=1S/C17H18N4OS/c1-17(8-15(22)21(2)16(19)20-17)14-7-13(10-23-14)12-5-3-4-11(6-12)9-18/h3-6,10,14H,7-8H2,1-2H3,(H2,19,20)/t14?,17-/m0/s1. The van der Waals surface area contributed by atoms with Gasteiger partial charge >= 0.3 is 0 Å². The van der Waals surface area contributed by atoms with Crippen LogP contribution in [0.3, 0.4) is 0 Å². The van der Waals surface area contributed by atoms with Gasteiger partial charge in [-0.25, -0.2) is 4.99 Å². The highest BCUT2D eigenvalue weighted by Gasteiger charge is 2.43. The number of guanidine groups is 1. The first-order chi connectivity index (χ1) is 10.9. The van der Waals surface area contributed by atoms with Crippen molar-refractivity contribution >= 4 is 29.2 Å². The van der Waals surface area contributed by atoms with Crippen molar-refractivity contribution < 1.29 is 4.79 Å². The van der Waals surface area contributed by atoms with Gasteiger partial charge in [-0.05, 0) is 42.0 Å². The van der Waals surface area contributed by atoms with Crippen LogP contribution in [0.15, 0.2) is 34.7 Å². The van der Waals surface area contributed by atoms with Gasteiger partial charge in [0.1, 0.15) is 0 Å². The zero-order chi connectivity index (χ0) is 16.6. The van der Waals surface area contributed by atoms with E-state index in [-0.39, 0.29) is 17.1 Å². The van der Waals surface area contributed by atoms with E-state index >= 15 is 0 Å². The number of rotatable bonds is 2. The van der Waals surface area contributed by atoms with Crippen LogP contribution in [0, 0.1) is 11.3 Å². The molecule has 2 heterocycles. The van der Waals surface area contributed by atoms with Gasteiger partial charge in [0.15, 0.2) is 5.96 Å². The Morgan fingerprint density at radius 1 is 1.52 bits per heavy atom. The minimum Gasteiger partial charge on any atom is -0.369 e. The van der Waals surface area contributed by atoms with Crippen molar-refractivity contribution in [2.24, 2.45) is 10.7 Å². The van der Waals surface area contributed by atoms with Crippen molar-refractivity contribution in [1.29, 1.82) is 5.26 Å². The summed E-state index contributed by atoms with van der Waals surface area (Å²) in [5.74, 6) is 0.282. The Bertz CT molecular complexity index is 764. The molecule has 0 saturated heterocycles. The third-order valence-electron chi connectivity index (χ3n) is 4.43. The molecule has 2 aliphatic rings. The molecule has 0 spiro atoms. The number of hydrogen-bond donors (Lipinski definition) is 1. The average Bonchev–Trinajstić information content (AvgIpc) is 3.03. The molecule has 0 bridgehead atoms. The SMILES string of the molecule is CN1C(=O)C[C@@](C)(C2CC(c3cccc(C#N)c3)=CS2)N=C1N. The Morgan fingerprint density at radius 2 is 2.30 bits per heavy atom. The zero-order valence-corrected chi connectivity index (χ0v) is 13.9. The Hall–Kier alpha value is -2.26. The maximum atomic E-state index is 12.1. The maximum absolute atomic E-state index is 12.1. The summed E-state index contributed by atoms with van der Waals surface area (Å²) in [6, 6.07) is 9.76. The molecule has 23 heavy (non-hydrogen) atoms. The van der Waals surface area contributed by atoms with Crippen LogP contribution in [-0.2, 0) is 4.79 Å². The Labute approximate surface area is 139 Å². The molecule has 1 unspecified atom stereocenters. The smallest absolute Gasteiger partial charge is 0.231 e.